The lowest BCUT2D eigenvalue weighted by Crippen LogP contribution is -2.18. The maximum absolute atomic E-state index is 11.2. The van der Waals surface area contributed by atoms with Gasteiger partial charge in [-0.3, -0.25) is 4.79 Å². The predicted molar refractivity (Wildman–Crippen MR) is 46.3 cm³/mol. The standard InChI is InChI=1S/C9H7NO4/c1-13-8(11)5-2-3-7-6(4-5)9(12)14-10-7/h2-5H,1H3. The third-order valence-corrected chi connectivity index (χ3v) is 2.00. The van der Waals surface area contributed by atoms with Crippen LogP contribution in [0.2, 0.25) is 0 Å². The van der Waals surface area contributed by atoms with Gasteiger partial charge in [-0.25, -0.2) is 4.79 Å². The van der Waals surface area contributed by atoms with E-state index in [-0.39, 0.29) is 0 Å². The molecule has 2 rings (SSSR count). The van der Waals surface area contributed by atoms with Crippen LogP contribution in [-0.2, 0) is 19.2 Å². The Bertz CT molecular complexity index is 392. The highest BCUT2D eigenvalue weighted by molar-refractivity contribution is 6.27. The number of esters is 1. The number of oxime groups is 1. The highest BCUT2D eigenvalue weighted by atomic mass is 16.7. The van der Waals surface area contributed by atoms with Gasteiger partial charge in [-0.2, -0.15) is 0 Å². The van der Waals surface area contributed by atoms with Gasteiger partial charge in [0.15, 0.2) is 0 Å². The van der Waals surface area contributed by atoms with Gasteiger partial charge in [0, 0.05) is 0 Å². The highest BCUT2D eigenvalue weighted by Crippen LogP contribution is 2.21. The number of carbonyl (C=O) groups is 2. The Morgan fingerprint density at radius 1 is 1.64 bits per heavy atom. The molecule has 1 atom stereocenters. The zero-order valence-electron chi connectivity index (χ0n) is 7.39. The van der Waals surface area contributed by atoms with Gasteiger partial charge >= 0.3 is 11.9 Å². The van der Waals surface area contributed by atoms with Gasteiger partial charge in [0.2, 0.25) is 0 Å². The molecule has 0 fully saturated rings. The second-order valence-corrected chi connectivity index (χ2v) is 2.84. The number of hydrogen-bond donors (Lipinski definition) is 0. The van der Waals surface area contributed by atoms with Gasteiger partial charge in [0.05, 0.1) is 18.6 Å². The van der Waals surface area contributed by atoms with Crippen LogP contribution in [-0.4, -0.2) is 24.8 Å². The first-order chi connectivity index (χ1) is 6.72. The van der Waals surface area contributed by atoms with E-state index in [0.29, 0.717) is 11.3 Å². The van der Waals surface area contributed by atoms with Crippen molar-refractivity contribution in [2.45, 2.75) is 0 Å². The molecular weight excluding hydrogens is 186 g/mol. The second-order valence-electron chi connectivity index (χ2n) is 2.84. The molecule has 14 heavy (non-hydrogen) atoms. The van der Waals surface area contributed by atoms with Crippen LogP contribution in [0.4, 0.5) is 0 Å². The largest absolute Gasteiger partial charge is 0.468 e. The van der Waals surface area contributed by atoms with Crippen molar-refractivity contribution in [3.63, 3.8) is 0 Å². The van der Waals surface area contributed by atoms with Crippen LogP contribution in [0.5, 0.6) is 0 Å². The SMILES string of the molecule is COC(=O)C1C=CC2=NOC(=O)C2=C1. The summed E-state index contributed by atoms with van der Waals surface area (Å²) < 4.78 is 4.55. The molecule has 1 unspecified atom stereocenters. The van der Waals surface area contributed by atoms with Crippen LogP contribution in [0.1, 0.15) is 0 Å². The summed E-state index contributed by atoms with van der Waals surface area (Å²) in [5.41, 5.74) is 0.776. The fourth-order valence-electron chi connectivity index (χ4n) is 1.28. The molecule has 0 saturated heterocycles. The Kier molecular flexibility index (Phi) is 1.92. The van der Waals surface area contributed by atoms with Crippen molar-refractivity contribution < 1.29 is 19.2 Å². The number of rotatable bonds is 1. The molecular formula is C9H7NO4. The Hall–Kier alpha value is -1.91. The summed E-state index contributed by atoms with van der Waals surface area (Å²) in [6.07, 6.45) is 4.66. The topological polar surface area (TPSA) is 65.0 Å². The van der Waals surface area contributed by atoms with Gasteiger partial charge in [0.1, 0.15) is 5.71 Å². The molecule has 1 heterocycles. The van der Waals surface area contributed by atoms with E-state index in [0.717, 1.165) is 0 Å². The third-order valence-electron chi connectivity index (χ3n) is 2.00. The Morgan fingerprint density at radius 3 is 3.14 bits per heavy atom. The summed E-state index contributed by atoms with van der Waals surface area (Å²) in [5, 5.41) is 3.52. The van der Waals surface area contributed by atoms with E-state index in [1.165, 1.54) is 13.2 Å². The van der Waals surface area contributed by atoms with Crippen molar-refractivity contribution in [2.75, 3.05) is 7.11 Å². The fraction of sp³-hybridized carbons (Fsp3) is 0.222. The van der Waals surface area contributed by atoms with Gasteiger partial charge in [-0.15, -0.1) is 0 Å². The minimum absolute atomic E-state index is 0.322. The summed E-state index contributed by atoms with van der Waals surface area (Å²) in [5.74, 6) is -1.47. The van der Waals surface area contributed by atoms with E-state index < -0.39 is 17.9 Å². The van der Waals surface area contributed by atoms with Crippen molar-refractivity contribution in [2.24, 2.45) is 11.1 Å². The van der Waals surface area contributed by atoms with Crippen LogP contribution in [0, 0.1) is 5.92 Å². The first-order valence-electron chi connectivity index (χ1n) is 4.00. The quantitative estimate of drug-likeness (QED) is 0.440. The molecule has 0 aromatic rings. The zero-order valence-corrected chi connectivity index (χ0v) is 7.39. The number of allylic oxidation sites excluding steroid dienone is 1. The maximum Gasteiger partial charge on any atom is 0.367 e. The van der Waals surface area contributed by atoms with E-state index in [1.807, 2.05) is 0 Å². The smallest absolute Gasteiger partial charge is 0.367 e. The number of nitrogens with zero attached hydrogens (tertiary/aromatic N) is 1. The minimum atomic E-state index is -0.529. The van der Waals surface area contributed by atoms with Crippen molar-refractivity contribution >= 4 is 17.7 Å². The summed E-state index contributed by atoms with van der Waals surface area (Å²) in [7, 11) is 1.30. The Balaban J connectivity index is 2.29. The van der Waals surface area contributed by atoms with Gasteiger partial charge in [-0.1, -0.05) is 11.2 Å². The fourth-order valence-corrected chi connectivity index (χ4v) is 1.28. The van der Waals surface area contributed by atoms with E-state index in [4.69, 9.17) is 0 Å². The van der Waals surface area contributed by atoms with Crippen LogP contribution in [0.25, 0.3) is 0 Å². The summed E-state index contributed by atoms with van der Waals surface area (Å²) in [6, 6.07) is 0. The molecule has 5 nitrogen and oxygen atoms in total. The van der Waals surface area contributed by atoms with Crippen LogP contribution < -0.4 is 0 Å². The van der Waals surface area contributed by atoms with Crippen LogP contribution in [0.3, 0.4) is 0 Å². The van der Waals surface area contributed by atoms with Crippen molar-refractivity contribution in [1.29, 1.82) is 0 Å². The zero-order chi connectivity index (χ0) is 10.1. The molecule has 0 bridgehead atoms. The summed E-state index contributed by atoms with van der Waals surface area (Å²) in [4.78, 5) is 26.7. The molecule has 72 valence electrons. The number of carbonyl (C=O) groups excluding carboxylic acids is 2. The molecule has 1 aliphatic heterocycles. The molecule has 0 aromatic heterocycles. The summed E-state index contributed by atoms with van der Waals surface area (Å²) in [6.45, 7) is 0. The molecule has 1 aliphatic carbocycles. The maximum atomic E-state index is 11.2. The van der Waals surface area contributed by atoms with Gasteiger partial charge in [0.25, 0.3) is 0 Å². The van der Waals surface area contributed by atoms with E-state index in [1.54, 1.807) is 12.2 Å². The predicted octanol–water partition coefficient (Wildman–Crippen LogP) is 0.185. The third kappa shape index (κ3) is 1.22. The summed E-state index contributed by atoms with van der Waals surface area (Å²) >= 11 is 0. The minimum Gasteiger partial charge on any atom is -0.468 e. The number of ether oxygens (including phenoxy) is 1. The number of methoxy groups -OCH3 is 1. The molecule has 5 heteroatoms. The molecule has 0 saturated carbocycles. The monoisotopic (exact) mass is 193 g/mol. The lowest BCUT2D eigenvalue weighted by molar-refractivity contribution is -0.142. The average molecular weight is 193 g/mol. The molecule has 0 aromatic carbocycles. The van der Waals surface area contributed by atoms with Crippen molar-refractivity contribution in [3.05, 3.63) is 23.8 Å². The average Bonchev–Trinajstić information content (AvgIpc) is 2.59. The first kappa shape index (κ1) is 8.68. The highest BCUT2D eigenvalue weighted by Gasteiger charge is 2.29. The lowest BCUT2D eigenvalue weighted by atomic mass is 9.96. The molecule has 0 spiro atoms. The normalized spacial score (nSPS) is 23.5. The van der Waals surface area contributed by atoms with Crippen molar-refractivity contribution in [1.82, 2.24) is 0 Å². The Labute approximate surface area is 79.7 Å². The number of fused-ring (bicyclic) bond motifs is 1. The Morgan fingerprint density at radius 2 is 2.43 bits per heavy atom. The molecule has 0 radical (unpaired) electrons. The van der Waals surface area contributed by atoms with Crippen LogP contribution in [0.15, 0.2) is 29.0 Å². The lowest BCUT2D eigenvalue weighted by Gasteiger charge is -2.09. The molecule has 2 aliphatic rings. The van der Waals surface area contributed by atoms with Gasteiger partial charge in [-0.05, 0) is 12.2 Å². The molecule has 0 N–H and O–H groups in total. The van der Waals surface area contributed by atoms with Crippen LogP contribution >= 0.6 is 0 Å². The number of hydrogen-bond acceptors (Lipinski definition) is 5. The molecule has 0 amide bonds. The van der Waals surface area contributed by atoms with E-state index in [2.05, 4.69) is 14.7 Å². The van der Waals surface area contributed by atoms with Crippen molar-refractivity contribution in [3.8, 4) is 0 Å². The van der Waals surface area contributed by atoms with Gasteiger partial charge < -0.3 is 9.57 Å². The van der Waals surface area contributed by atoms with E-state index in [9.17, 15) is 9.59 Å². The second kappa shape index (κ2) is 3.10. The van der Waals surface area contributed by atoms with E-state index >= 15 is 0 Å². The first-order valence-corrected chi connectivity index (χ1v) is 4.00.